The summed E-state index contributed by atoms with van der Waals surface area (Å²) >= 11 is 6.63. The molecule has 2 amide bonds. The van der Waals surface area contributed by atoms with E-state index in [2.05, 4.69) is 0 Å². The van der Waals surface area contributed by atoms with Gasteiger partial charge >= 0.3 is 0 Å². The molecular formula is C20H16ClNO4S. The lowest BCUT2D eigenvalue weighted by molar-refractivity contribution is -0.122. The van der Waals surface area contributed by atoms with E-state index < -0.39 is 11.1 Å². The van der Waals surface area contributed by atoms with Crippen molar-refractivity contribution in [2.45, 2.75) is 6.92 Å². The summed E-state index contributed by atoms with van der Waals surface area (Å²) in [4.78, 5) is 38.4. The summed E-state index contributed by atoms with van der Waals surface area (Å²) in [7, 11) is 0. The number of carbonyl (C=O) groups excluding carboxylic acids is 3. The molecule has 0 aliphatic carbocycles. The van der Waals surface area contributed by atoms with Crippen LogP contribution in [0.4, 0.5) is 4.79 Å². The molecule has 138 valence electrons. The second-order valence-corrected chi connectivity index (χ2v) is 7.10. The fraction of sp³-hybridized carbons (Fsp3) is 0.150. The van der Waals surface area contributed by atoms with Crippen molar-refractivity contribution in [2.75, 3.05) is 13.2 Å². The van der Waals surface area contributed by atoms with Crippen molar-refractivity contribution < 1.29 is 19.1 Å². The van der Waals surface area contributed by atoms with E-state index in [1.54, 1.807) is 42.5 Å². The number of para-hydroxylation sites is 1. The van der Waals surface area contributed by atoms with Gasteiger partial charge in [0.15, 0.2) is 5.78 Å². The van der Waals surface area contributed by atoms with Gasteiger partial charge in [-0.3, -0.25) is 19.3 Å². The zero-order chi connectivity index (χ0) is 19.4. The third-order valence-electron chi connectivity index (χ3n) is 3.85. The fourth-order valence-electron chi connectivity index (χ4n) is 2.53. The fourth-order valence-corrected chi connectivity index (χ4v) is 3.49. The number of benzene rings is 2. The lowest BCUT2D eigenvalue weighted by Crippen LogP contribution is -2.33. The molecule has 5 nitrogen and oxygen atoms in total. The number of hydrogen-bond acceptors (Lipinski definition) is 5. The summed E-state index contributed by atoms with van der Waals surface area (Å²) in [6.45, 7) is 2.05. The summed E-state index contributed by atoms with van der Waals surface area (Å²) < 4.78 is 5.54. The highest BCUT2D eigenvalue weighted by molar-refractivity contribution is 8.18. The Morgan fingerprint density at radius 3 is 2.56 bits per heavy atom. The van der Waals surface area contributed by atoms with Crippen LogP contribution in [0.3, 0.4) is 0 Å². The van der Waals surface area contributed by atoms with Gasteiger partial charge in [0.05, 0.1) is 18.1 Å². The molecule has 0 spiro atoms. The maximum Gasteiger partial charge on any atom is 0.293 e. The minimum atomic E-state index is -0.487. The summed E-state index contributed by atoms with van der Waals surface area (Å²) in [5, 5.41) is 0.0380. The maximum atomic E-state index is 12.6. The summed E-state index contributed by atoms with van der Waals surface area (Å²) in [6, 6.07) is 13.6. The van der Waals surface area contributed by atoms with Gasteiger partial charge in [-0.1, -0.05) is 29.8 Å². The molecule has 2 aromatic carbocycles. The molecule has 1 heterocycles. The van der Waals surface area contributed by atoms with Crippen LogP contribution in [0.5, 0.6) is 5.75 Å². The number of Topliss-reactive ketones (excluding diaryl/α,β-unsaturated/α-hetero) is 1. The van der Waals surface area contributed by atoms with E-state index in [4.69, 9.17) is 16.3 Å². The van der Waals surface area contributed by atoms with Gasteiger partial charge in [-0.05, 0) is 55.1 Å². The number of carbonyl (C=O) groups is 3. The monoisotopic (exact) mass is 401 g/mol. The topological polar surface area (TPSA) is 63.7 Å². The summed E-state index contributed by atoms with van der Waals surface area (Å²) in [6.07, 6.45) is 1.61. The second-order valence-electron chi connectivity index (χ2n) is 5.67. The van der Waals surface area contributed by atoms with E-state index in [0.29, 0.717) is 28.5 Å². The number of amides is 2. The normalized spacial score (nSPS) is 15.5. The van der Waals surface area contributed by atoms with Crippen LogP contribution in [-0.2, 0) is 4.79 Å². The number of imide groups is 1. The van der Waals surface area contributed by atoms with Crippen LogP contribution < -0.4 is 4.74 Å². The van der Waals surface area contributed by atoms with Crippen molar-refractivity contribution in [3.8, 4) is 5.75 Å². The minimum absolute atomic E-state index is 0.260. The average molecular weight is 402 g/mol. The molecule has 7 heteroatoms. The van der Waals surface area contributed by atoms with Crippen LogP contribution in [0.2, 0.25) is 5.02 Å². The Balaban J connectivity index is 1.79. The van der Waals surface area contributed by atoms with Crippen molar-refractivity contribution in [3.63, 3.8) is 0 Å². The average Bonchev–Trinajstić information content (AvgIpc) is 2.91. The van der Waals surface area contributed by atoms with Crippen LogP contribution in [-0.4, -0.2) is 35.0 Å². The maximum absolute atomic E-state index is 12.6. The Morgan fingerprint density at radius 1 is 1.15 bits per heavy atom. The molecule has 1 fully saturated rings. The number of hydrogen-bond donors (Lipinski definition) is 0. The Kier molecular flexibility index (Phi) is 5.98. The summed E-state index contributed by atoms with van der Waals surface area (Å²) in [5.41, 5.74) is 1.10. The highest BCUT2D eigenvalue weighted by Crippen LogP contribution is 2.34. The van der Waals surface area contributed by atoms with Crippen LogP contribution in [0.25, 0.3) is 6.08 Å². The third-order valence-corrected chi connectivity index (χ3v) is 5.01. The summed E-state index contributed by atoms with van der Waals surface area (Å²) in [5.74, 6) is -0.187. The largest absolute Gasteiger partial charge is 0.493 e. The standard InChI is InChI=1S/C20H16ClNO4S/c1-2-26-17-6-4-3-5-14(17)11-18-19(24)22(20(25)27-18)12-16(23)13-7-9-15(21)10-8-13/h3-11H,2,12H2,1H3/b18-11-. The Morgan fingerprint density at radius 2 is 1.85 bits per heavy atom. The first-order valence-electron chi connectivity index (χ1n) is 8.25. The molecular weight excluding hydrogens is 386 g/mol. The molecule has 3 rings (SSSR count). The molecule has 0 N–H and O–H groups in total. The van der Waals surface area contributed by atoms with Gasteiger partial charge < -0.3 is 4.74 Å². The number of nitrogens with zero attached hydrogens (tertiary/aromatic N) is 1. The van der Waals surface area contributed by atoms with Crippen molar-refractivity contribution in [1.82, 2.24) is 4.90 Å². The van der Waals surface area contributed by atoms with E-state index in [9.17, 15) is 14.4 Å². The number of ketones is 1. The van der Waals surface area contributed by atoms with Gasteiger partial charge in [-0.25, -0.2) is 0 Å². The molecule has 1 saturated heterocycles. The van der Waals surface area contributed by atoms with Crippen LogP contribution in [0, 0.1) is 0 Å². The molecule has 0 saturated carbocycles. The molecule has 0 unspecified atom stereocenters. The Bertz CT molecular complexity index is 924. The predicted octanol–water partition coefficient (Wildman–Crippen LogP) is 4.66. The highest BCUT2D eigenvalue weighted by Gasteiger charge is 2.36. The van der Waals surface area contributed by atoms with Crippen LogP contribution in [0.1, 0.15) is 22.8 Å². The van der Waals surface area contributed by atoms with Crippen molar-refractivity contribution in [3.05, 3.63) is 69.6 Å². The van der Waals surface area contributed by atoms with Gasteiger partial charge in [0.25, 0.3) is 11.1 Å². The minimum Gasteiger partial charge on any atom is -0.493 e. The first-order valence-corrected chi connectivity index (χ1v) is 9.45. The van der Waals surface area contributed by atoms with Gasteiger partial charge in [0.1, 0.15) is 5.75 Å². The first-order chi connectivity index (χ1) is 13.0. The molecule has 0 aromatic heterocycles. The predicted molar refractivity (Wildman–Crippen MR) is 106 cm³/mol. The molecule has 0 bridgehead atoms. The van der Waals surface area contributed by atoms with Gasteiger partial charge in [-0.15, -0.1) is 0 Å². The molecule has 1 aliphatic rings. The molecule has 2 aromatic rings. The smallest absolute Gasteiger partial charge is 0.293 e. The van der Waals surface area contributed by atoms with E-state index in [1.165, 1.54) is 0 Å². The van der Waals surface area contributed by atoms with E-state index in [-0.39, 0.29) is 17.2 Å². The van der Waals surface area contributed by atoms with Gasteiger partial charge in [-0.2, -0.15) is 0 Å². The van der Waals surface area contributed by atoms with E-state index >= 15 is 0 Å². The lowest BCUT2D eigenvalue weighted by atomic mass is 10.1. The number of rotatable bonds is 6. The molecule has 1 aliphatic heterocycles. The van der Waals surface area contributed by atoms with E-state index in [1.807, 2.05) is 19.1 Å². The number of halogens is 1. The Labute approximate surface area is 165 Å². The zero-order valence-electron chi connectivity index (χ0n) is 14.5. The van der Waals surface area contributed by atoms with Crippen molar-refractivity contribution in [1.29, 1.82) is 0 Å². The SMILES string of the molecule is CCOc1ccccc1/C=C1\SC(=O)N(CC(=O)c2ccc(Cl)cc2)C1=O. The molecule has 0 radical (unpaired) electrons. The van der Waals surface area contributed by atoms with Gasteiger partial charge in [0.2, 0.25) is 0 Å². The lowest BCUT2D eigenvalue weighted by Gasteiger charge is -2.11. The van der Waals surface area contributed by atoms with Crippen molar-refractivity contribution >= 4 is 46.4 Å². The first kappa shape index (κ1) is 19.2. The zero-order valence-corrected chi connectivity index (χ0v) is 16.0. The number of ether oxygens (including phenoxy) is 1. The quantitative estimate of drug-likeness (QED) is 0.520. The van der Waals surface area contributed by atoms with E-state index in [0.717, 1.165) is 16.7 Å². The number of thioether (sulfide) groups is 1. The second kappa shape index (κ2) is 8.41. The van der Waals surface area contributed by atoms with Crippen molar-refractivity contribution in [2.24, 2.45) is 0 Å². The molecule has 0 atom stereocenters. The van der Waals surface area contributed by atoms with Crippen LogP contribution >= 0.6 is 23.4 Å². The third kappa shape index (κ3) is 4.40. The highest BCUT2D eigenvalue weighted by atomic mass is 35.5. The van der Waals surface area contributed by atoms with Gasteiger partial charge in [0, 0.05) is 16.1 Å². The Hall–Kier alpha value is -2.57. The van der Waals surface area contributed by atoms with Crippen LogP contribution in [0.15, 0.2) is 53.4 Å². The molecule has 27 heavy (non-hydrogen) atoms.